The molecule has 0 spiro atoms. The van der Waals surface area contributed by atoms with E-state index in [1.54, 1.807) is 18.2 Å². The molecule has 1 aliphatic heterocycles. The Bertz CT molecular complexity index is 961. The normalized spacial score (nSPS) is 18.4. The second-order valence-corrected chi connectivity index (χ2v) is 7.26. The van der Waals surface area contributed by atoms with Crippen molar-refractivity contribution in [3.63, 3.8) is 0 Å². The number of halogens is 1. The first-order valence-electron chi connectivity index (χ1n) is 8.93. The van der Waals surface area contributed by atoms with Crippen LogP contribution in [0.15, 0.2) is 66.3 Å². The fourth-order valence-corrected chi connectivity index (χ4v) is 3.55. The van der Waals surface area contributed by atoms with Gasteiger partial charge in [-0.25, -0.2) is 0 Å². The molecule has 1 unspecified atom stereocenters. The van der Waals surface area contributed by atoms with Gasteiger partial charge in [0.25, 0.3) is 5.91 Å². The number of carbonyl (C=O) groups excluding carboxylic acids is 2. The van der Waals surface area contributed by atoms with Crippen LogP contribution in [0.5, 0.6) is 0 Å². The number of nitrogens with one attached hydrogen (secondary N) is 2. The minimum absolute atomic E-state index is 0.227. The van der Waals surface area contributed by atoms with E-state index >= 15 is 0 Å². The van der Waals surface area contributed by atoms with Crippen LogP contribution in [0.25, 0.3) is 0 Å². The summed E-state index contributed by atoms with van der Waals surface area (Å²) >= 11 is 5.97. The highest BCUT2D eigenvalue weighted by molar-refractivity contribution is 6.31. The minimum atomic E-state index is -0.630. The van der Waals surface area contributed by atoms with Crippen molar-refractivity contribution in [2.24, 2.45) is 0 Å². The summed E-state index contributed by atoms with van der Waals surface area (Å²) in [6, 6.07) is 12.4. The lowest BCUT2D eigenvalue weighted by molar-refractivity contribution is -0.117. The Morgan fingerprint density at radius 1 is 1.04 bits per heavy atom. The zero-order valence-corrected chi connectivity index (χ0v) is 15.4. The molecule has 4 nitrogen and oxygen atoms in total. The largest absolute Gasteiger partial charge is 0.340 e. The van der Waals surface area contributed by atoms with Crippen molar-refractivity contribution in [1.29, 1.82) is 0 Å². The van der Waals surface area contributed by atoms with E-state index in [-0.39, 0.29) is 11.8 Å². The topological polar surface area (TPSA) is 58.2 Å². The zero-order chi connectivity index (χ0) is 18.8. The van der Waals surface area contributed by atoms with Crippen molar-refractivity contribution >= 4 is 29.1 Å². The third-order valence-corrected chi connectivity index (χ3v) is 5.06. The average molecular weight is 379 g/mol. The monoisotopic (exact) mass is 378 g/mol. The fraction of sp³-hybridized carbons (Fsp3) is 0.182. The van der Waals surface area contributed by atoms with E-state index in [1.807, 2.05) is 12.1 Å². The van der Waals surface area contributed by atoms with Crippen LogP contribution in [-0.4, -0.2) is 17.9 Å². The Kier molecular flexibility index (Phi) is 4.82. The number of carbonyl (C=O) groups is 2. The smallest absolute Gasteiger partial charge is 0.254 e. The highest BCUT2D eigenvalue weighted by Gasteiger charge is 2.28. The Morgan fingerprint density at radius 2 is 1.81 bits per heavy atom. The molecule has 27 heavy (non-hydrogen) atoms. The van der Waals surface area contributed by atoms with Crippen LogP contribution >= 0.6 is 11.6 Å². The number of rotatable bonds is 4. The molecule has 0 saturated carbocycles. The van der Waals surface area contributed by atoms with E-state index in [0.29, 0.717) is 22.7 Å². The third-order valence-electron chi connectivity index (χ3n) is 4.83. The molecule has 2 aromatic carbocycles. The van der Waals surface area contributed by atoms with Crippen LogP contribution in [0.2, 0.25) is 5.02 Å². The molecular formula is C22H19ClN2O2. The quantitative estimate of drug-likeness (QED) is 0.842. The van der Waals surface area contributed by atoms with Crippen LogP contribution in [-0.2, 0) is 17.6 Å². The third kappa shape index (κ3) is 3.96. The summed E-state index contributed by atoms with van der Waals surface area (Å²) in [6.45, 7) is 0. The van der Waals surface area contributed by atoms with E-state index in [1.165, 1.54) is 11.1 Å². The molecule has 2 aromatic rings. The van der Waals surface area contributed by atoms with Crippen LogP contribution in [0.1, 0.15) is 27.9 Å². The molecule has 0 bridgehead atoms. The van der Waals surface area contributed by atoms with Crippen molar-refractivity contribution in [2.45, 2.75) is 25.3 Å². The van der Waals surface area contributed by atoms with Gasteiger partial charge in [0.1, 0.15) is 6.04 Å². The number of amides is 2. The molecule has 0 aromatic heterocycles. The maximum Gasteiger partial charge on any atom is 0.254 e. The summed E-state index contributed by atoms with van der Waals surface area (Å²) in [6.07, 6.45) is 8.89. The maximum absolute atomic E-state index is 12.5. The standard InChI is InChI=1S/C22H19ClN2O2/c23-17-9-10-19-18(13-17)21(26)25-20(22(27)24-19)12-16-7-5-15(6-8-16)11-14-3-1-2-4-14/h1,3-10,13,20H,2,11-12H2,(H,24,27)(H,25,26). The molecule has 1 heterocycles. The van der Waals surface area contributed by atoms with E-state index in [4.69, 9.17) is 11.6 Å². The first-order valence-corrected chi connectivity index (χ1v) is 9.31. The van der Waals surface area contributed by atoms with E-state index in [2.05, 4.69) is 41.0 Å². The molecule has 2 amide bonds. The molecule has 0 fully saturated rings. The highest BCUT2D eigenvalue weighted by atomic mass is 35.5. The van der Waals surface area contributed by atoms with Gasteiger partial charge < -0.3 is 10.6 Å². The van der Waals surface area contributed by atoms with Gasteiger partial charge in [-0.15, -0.1) is 0 Å². The first-order chi connectivity index (χ1) is 13.1. The Morgan fingerprint density at radius 3 is 2.56 bits per heavy atom. The van der Waals surface area contributed by atoms with Gasteiger partial charge >= 0.3 is 0 Å². The van der Waals surface area contributed by atoms with Crippen LogP contribution in [0.3, 0.4) is 0 Å². The van der Waals surface area contributed by atoms with Crippen molar-refractivity contribution < 1.29 is 9.59 Å². The highest BCUT2D eigenvalue weighted by Crippen LogP contribution is 2.24. The van der Waals surface area contributed by atoms with E-state index in [0.717, 1.165) is 18.4 Å². The van der Waals surface area contributed by atoms with Crippen molar-refractivity contribution in [2.75, 3.05) is 5.32 Å². The number of fused-ring (bicyclic) bond motifs is 1. The molecule has 0 radical (unpaired) electrons. The average Bonchev–Trinajstić information content (AvgIpc) is 3.13. The molecule has 1 atom stereocenters. The maximum atomic E-state index is 12.5. The van der Waals surface area contributed by atoms with Crippen LogP contribution in [0.4, 0.5) is 5.69 Å². The van der Waals surface area contributed by atoms with Gasteiger partial charge in [0.15, 0.2) is 0 Å². The second kappa shape index (κ2) is 7.41. The molecule has 4 rings (SSSR count). The fourth-order valence-electron chi connectivity index (χ4n) is 3.38. The Hall–Kier alpha value is -2.85. The summed E-state index contributed by atoms with van der Waals surface area (Å²) in [5.41, 5.74) is 4.42. The van der Waals surface area contributed by atoms with Gasteiger partial charge in [-0.05, 0) is 47.7 Å². The summed E-state index contributed by atoms with van der Waals surface area (Å²) in [5, 5.41) is 6.08. The van der Waals surface area contributed by atoms with Gasteiger partial charge in [0, 0.05) is 11.4 Å². The molecule has 5 heteroatoms. The van der Waals surface area contributed by atoms with Gasteiger partial charge in [-0.3, -0.25) is 9.59 Å². The molecule has 2 aliphatic rings. The van der Waals surface area contributed by atoms with Crippen molar-refractivity contribution in [1.82, 2.24) is 5.32 Å². The molecule has 1 aliphatic carbocycles. The van der Waals surface area contributed by atoms with Gasteiger partial charge in [0.05, 0.1) is 11.3 Å². The lowest BCUT2D eigenvalue weighted by Gasteiger charge is -2.15. The number of anilines is 1. The zero-order valence-electron chi connectivity index (χ0n) is 14.7. The Labute approximate surface area is 162 Å². The second-order valence-electron chi connectivity index (χ2n) is 6.82. The lowest BCUT2D eigenvalue weighted by Crippen LogP contribution is -2.42. The molecule has 136 valence electrons. The van der Waals surface area contributed by atoms with E-state index in [9.17, 15) is 9.59 Å². The van der Waals surface area contributed by atoms with Gasteiger partial charge in [-0.2, -0.15) is 0 Å². The summed E-state index contributed by atoms with van der Waals surface area (Å²) in [5.74, 6) is -0.526. The summed E-state index contributed by atoms with van der Waals surface area (Å²) in [4.78, 5) is 25.0. The number of allylic oxidation sites excluding steroid dienone is 4. The van der Waals surface area contributed by atoms with Gasteiger partial charge in [0.2, 0.25) is 5.91 Å². The molecule has 2 N–H and O–H groups in total. The predicted molar refractivity (Wildman–Crippen MR) is 107 cm³/mol. The predicted octanol–water partition coefficient (Wildman–Crippen LogP) is 4.06. The first kappa shape index (κ1) is 17.6. The van der Waals surface area contributed by atoms with Crippen molar-refractivity contribution in [3.8, 4) is 0 Å². The van der Waals surface area contributed by atoms with Crippen molar-refractivity contribution in [3.05, 3.63) is 88.0 Å². The minimum Gasteiger partial charge on any atom is -0.340 e. The van der Waals surface area contributed by atoms with Crippen LogP contribution in [0, 0.1) is 0 Å². The number of hydrogen-bond donors (Lipinski definition) is 2. The number of benzene rings is 2. The Balaban J connectivity index is 1.47. The molecular weight excluding hydrogens is 360 g/mol. The summed E-state index contributed by atoms with van der Waals surface area (Å²) in [7, 11) is 0. The lowest BCUT2D eigenvalue weighted by atomic mass is 10.0. The summed E-state index contributed by atoms with van der Waals surface area (Å²) < 4.78 is 0. The van der Waals surface area contributed by atoms with Crippen LogP contribution < -0.4 is 10.6 Å². The van der Waals surface area contributed by atoms with E-state index < -0.39 is 6.04 Å². The molecule has 0 saturated heterocycles. The number of hydrogen-bond acceptors (Lipinski definition) is 2. The SMILES string of the molecule is O=C1NC(Cc2ccc(CC3=CCC=C3)cc2)C(=O)Nc2ccc(Cl)cc21. The van der Waals surface area contributed by atoms with Gasteiger partial charge in [-0.1, -0.05) is 54.1 Å².